The fourth-order valence-electron chi connectivity index (χ4n) is 10.4. The highest BCUT2D eigenvalue weighted by atomic mass is 35.5. The third kappa shape index (κ3) is 16.4. The molecule has 0 aromatic heterocycles. The van der Waals surface area contributed by atoms with E-state index in [4.69, 9.17) is 23.2 Å². The molecule has 12 heteroatoms. The minimum atomic E-state index is -0.236. The van der Waals surface area contributed by atoms with Crippen LogP contribution in [0.25, 0.3) is 21.5 Å². The van der Waals surface area contributed by atoms with Gasteiger partial charge in [0.15, 0.2) is 0 Å². The summed E-state index contributed by atoms with van der Waals surface area (Å²) in [5.74, 6) is 1.30. The first-order valence-electron chi connectivity index (χ1n) is 27.5. The highest BCUT2D eigenvalue weighted by Crippen LogP contribution is 2.27. The van der Waals surface area contributed by atoms with Crippen molar-refractivity contribution < 1.29 is 19.2 Å². The van der Waals surface area contributed by atoms with E-state index in [1.165, 1.54) is 11.1 Å². The Hall–Kier alpha value is -5.78. The fraction of sp³-hybridized carbons (Fsp3) is 0.429. The number of hydrogen-bond donors (Lipinski definition) is 4. The molecule has 398 valence electrons. The van der Waals surface area contributed by atoms with Crippen molar-refractivity contribution in [1.82, 2.24) is 31.1 Å². The molecule has 8 rings (SSSR count). The van der Waals surface area contributed by atoms with Crippen LogP contribution in [0.1, 0.15) is 136 Å². The molecule has 75 heavy (non-hydrogen) atoms. The highest BCUT2D eigenvalue weighted by molar-refractivity contribution is 6.31. The molecule has 2 heterocycles. The second-order valence-corrected chi connectivity index (χ2v) is 21.8. The number of benzene rings is 6. The average Bonchev–Trinajstić information content (AvgIpc) is 3.67. The van der Waals surface area contributed by atoms with E-state index in [9.17, 15) is 19.2 Å². The number of fused-ring (bicyclic) bond motifs is 2. The first kappa shape index (κ1) is 56.9. The Labute approximate surface area is 455 Å². The van der Waals surface area contributed by atoms with E-state index < -0.39 is 0 Å². The van der Waals surface area contributed by atoms with Gasteiger partial charge in [0, 0.05) is 84.4 Å². The van der Waals surface area contributed by atoms with Gasteiger partial charge < -0.3 is 31.1 Å². The maximum atomic E-state index is 13.7. The summed E-state index contributed by atoms with van der Waals surface area (Å²) >= 11 is 12.2. The van der Waals surface area contributed by atoms with Gasteiger partial charge in [-0.1, -0.05) is 156 Å². The molecule has 2 aliphatic rings. The molecule has 2 saturated heterocycles. The monoisotopic (exact) mass is 1050 g/mol. The first-order chi connectivity index (χ1) is 36.3. The van der Waals surface area contributed by atoms with Crippen LogP contribution in [0.5, 0.6) is 0 Å². The van der Waals surface area contributed by atoms with Crippen molar-refractivity contribution in [3.8, 4) is 0 Å². The van der Waals surface area contributed by atoms with Gasteiger partial charge in [0.25, 0.3) is 11.8 Å². The SMILES string of the molecule is CCC(CN1CC[C@@H](CNC(=O)c2ccc3cc(Cl)ccc3c2)N[C@@H](CCC(C)C)C1=O)c1ccccc1.CCCC[C@@H]1N[C@H](CNC(=O)c2ccc3cc(Cl)ccc3c2)CCN(CC(CC)c2ccccc2)C1=O. The zero-order valence-corrected chi connectivity index (χ0v) is 46.1. The van der Waals surface area contributed by atoms with Crippen molar-refractivity contribution in [2.45, 2.75) is 128 Å². The van der Waals surface area contributed by atoms with Crippen molar-refractivity contribution in [2.75, 3.05) is 39.3 Å². The fourth-order valence-corrected chi connectivity index (χ4v) is 10.8. The van der Waals surface area contributed by atoms with Crippen molar-refractivity contribution in [3.05, 3.63) is 166 Å². The van der Waals surface area contributed by atoms with Crippen LogP contribution in [0.4, 0.5) is 0 Å². The van der Waals surface area contributed by atoms with Crippen LogP contribution in [0, 0.1) is 5.92 Å². The van der Waals surface area contributed by atoms with Crippen LogP contribution in [-0.4, -0.2) is 96.9 Å². The molecule has 2 unspecified atom stereocenters. The van der Waals surface area contributed by atoms with Gasteiger partial charge in [-0.15, -0.1) is 0 Å². The summed E-state index contributed by atoms with van der Waals surface area (Å²) in [6.07, 6.45) is 8.19. The van der Waals surface area contributed by atoms with Gasteiger partial charge in [0.1, 0.15) is 0 Å². The number of nitrogens with zero attached hydrogens (tertiary/aromatic N) is 2. The first-order valence-corrected chi connectivity index (χ1v) is 28.2. The minimum Gasteiger partial charge on any atom is -0.350 e. The second-order valence-electron chi connectivity index (χ2n) is 21.0. The molecular weight excluding hydrogens is 976 g/mol. The topological polar surface area (TPSA) is 123 Å². The molecule has 6 aromatic rings. The van der Waals surface area contributed by atoms with Gasteiger partial charge in [0.05, 0.1) is 12.1 Å². The lowest BCUT2D eigenvalue weighted by molar-refractivity contribution is -0.134. The quantitative estimate of drug-likeness (QED) is 0.0604. The summed E-state index contributed by atoms with van der Waals surface area (Å²) in [6, 6.07) is 43.2. The molecule has 2 fully saturated rings. The number of amides is 4. The number of rotatable bonds is 20. The summed E-state index contributed by atoms with van der Waals surface area (Å²) in [6.45, 7) is 14.7. The van der Waals surface area contributed by atoms with E-state index >= 15 is 0 Å². The van der Waals surface area contributed by atoms with E-state index in [-0.39, 0.29) is 47.8 Å². The van der Waals surface area contributed by atoms with E-state index in [2.05, 4.69) is 109 Å². The predicted octanol–water partition coefficient (Wildman–Crippen LogP) is 12.6. The number of unbranched alkanes of at least 4 members (excludes halogenated alkanes) is 1. The summed E-state index contributed by atoms with van der Waals surface area (Å²) in [7, 11) is 0. The molecule has 0 radical (unpaired) electrons. The summed E-state index contributed by atoms with van der Waals surface area (Å²) in [4.78, 5) is 57.3. The Morgan fingerprint density at radius 3 is 1.40 bits per heavy atom. The molecule has 4 amide bonds. The van der Waals surface area contributed by atoms with Crippen molar-refractivity contribution >= 4 is 68.4 Å². The normalized spacial score (nSPS) is 19.0. The van der Waals surface area contributed by atoms with Crippen LogP contribution in [0.2, 0.25) is 10.0 Å². The Morgan fingerprint density at radius 2 is 0.987 bits per heavy atom. The zero-order chi connectivity index (χ0) is 53.3. The van der Waals surface area contributed by atoms with Gasteiger partial charge in [-0.2, -0.15) is 0 Å². The molecule has 2 aliphatic heterocycles. The van der Waals surface area contributed by atoms with E-state index in [0.717, 1.165) is 92.4 Å². The van der Waals surface area contributed by atoms with E-state index in [1.807, 2.05) is 89.8 Å². The summed E-state index contributed by atoms with van der Waals surface area (Å²) < 4.78 is 0. The third-order valence-corrected chi connectivity index (χ3v) is 15.5. The van der Waals surface area contributed by atoms with Crippen molar-refractivity contribution in [2.24, 2.45) is 5.92 Å². The predicted molar refractivity (Wildman–Crippen MR) is 309 cm³/mol. The van der Waals surface area contributed by atoms with Gasteiger partial charge >= 0.3 is 0 Å². The molecule has 6 atom stereocenters. The zero-order valence-electron chi connectivity index (χ0n) is 44.6. The van der Waals surface area contributed by atoms with Gasteiger partial charge in [-0.25, -0.2) is 0 Å². The van der Waals surface area contributed by atoms with Crippen LogP contribution in [0.3, 0.4) is 0 Å². The summed E-state index contributed by atoms with van der Waals surface area (Å²) in [5, 5.41) is 18.7. The number of carbonyl (C=O) groups is 4. The van der Waals surface area contributed by atoms with Crippen molar-refractivity contribution in [1.29, 1.82) is 0 Å². The Balaban J connectivity index is 0.000000219. The molecule has 4 N–H and O–H groups in total. The smallest absolute Gasteiger partial charge is 0.251 e. The lowest BCUT2D eigenvalue weighted by atomic mass is 9.95. The van der Waals surface area contributed by atoms with Crippen LogP contribution in [0.15, 0.2) is 133 Å². The maximum absolute atomic E-state index is 13.7. The standard InChI is InChI=1S/C32H40ClN3O2.C31H38ClN3O2/c1-4-23(24-8-6-5-7-9-24)21-36-17-16-29(35-30(32(36)38)15-10-22(2)3)20-34-31(37)27-12-11-26-19-28(33)14-13-25(26)18-27;1-3-5-11-29-31(37)35(21-22(4-2)23-9-7-6-8-10-23)17-16-28(34-29)20-33-30(36)26-13-12-25-19-27(32)15-14-24(25)18-26/h5-9,11-14,18-19,22-23,29-30,35H,4,10,15-17,20-21H2,1-3H3,(H,34,37);6-10,12-15,18-19,22,28-29,34H,3-5,11,16-17,20-21H2,1-2H3,(H,33,36)/t23?,29-,30-;22?,28-,29-/m00/s1. The molecule has 10 nitrogen and oxygen atoms in total. The summed E-state index contributed by atoms with van der Waals surface area (Å²) in [5.41, 5.74) is 3.80. The van der Waals surface area contributed by atoms with Gasteiger partial charge in [-0.3, -0.25) is 19.2 Å². The van der Waals surface area contributed by atoms with Crippen LogP contribution >= 0.6 is 23.2 Å². The molecule has 0 spiro atoms. The number of carbonyl (C=O) groups excluding carboxylic acids is 4. The van der Waals surface area contributed by atoms with E-state index in [1.54, 1.807) is 0 Å². The second kappa shape index (κ2) is 28.4. The van der Waals surface area contributed by atoms with Crippen molar-refractivity contribution in [3.63, 3.8) is 0 Å². The molecule has 0 saturated carbocycles. The Morgan fingerprint density at radius 1 is 0.573 bits per heavy atom. The average molecular weight is 1050 g/mol. The lowest BCUT2D eigenvalue weighted by Gasteiger charge is -2.29. The van der Waals surface area contributed by atoms with Gasteiger partial charge in [-0.05, 0) is 132 Å². The maximum Gasteiger partial charge on any atom is 0.251 e. The van der Waals surface area contributed by atoms with E-state index in [0.29, 0.717) is 65.1 Å². The minimum absolute atomic E-state index is 0.0288. The van der Waals surface area contributed by atoms with Crippen LogP contribution in [-0.2, 0) is 9.59 Å². The molecule has 0 bridgehead atoms. The Bertz CT molecular complexity index is 2810. The third-order valence-electron chi connectivity index (χ3n) is 15.0. The van der Waals surface area contributed by atoms with Gasteiger partial charge in [0.2, 0.25) is 11.8 Å². The molecule has 6 aromatic carbocycles. The number of nitrogens with one attached hydrogen (secondary N) is 4. The van der Waals surface area contributed by atoms with Crippen LogP contribution < -0.4 is 21.3 Å². The number of hydrogen-bond acceptors (Lipinski definition) is 6. The highest BCUT2D eigenvalue weighted by Gasteiger charge is 2.34. The molecule has 0 aliphatic carbocycles. The lowest BCUT2D eigenvalue weighted by Crippen LogP contribution is -2.49. The number of halogens is 2. The molecular formula is C63H78Cl2N6O4. The Kier molecular flexibility index (Phi) is 21.5. The largest absolute Gasteiger partial charge is 0.350 e.